The van der Waals surface area contributed by atoms with E-state index in [1.54, 1.807) is 0 Å². The number of primary amides is 1. The summed E-state index contributed by atoms with van der Waals surface area (Å²) in [6, 6.07) is 9.58. The number of amides is 2. The molecule has 2 amide bonds. The molecule has 3 rings (SSSR count). The second-order valence-corrected chi connectivity index (χ2v) is 9.19. The second-order valence-electron chi connectivity index (χ2n) is 8.09. The van der Waals surface area contributed by atoms with Crippen LogP contribution in [0.1, 0.15) is 53.6 Å². The Morgan fingerprint density at radius 1 is 1.23 bits per heavy atom. The molecule has 1 aliphatic rings. The van der Waals surface area contributed by atoms with Crippen LogP contribution in [0.2, 0.25) is 0 Å². The van der Waals surface area contributed by atoms with Crippen molar-refractivity contribution in [1.29, 1.82) is 0 Å². The van der Waals surface area contributed by atoms with Gasteiger partial charge in [0.05, 0.1) is 12.0 Å². The van der Waals surface area contributed by atoms with Crippen molar-refractivity contribution in [3.8, 4) is 0 Å². The van der Waals surface area contributed by atoms with Gasteiger partial charge in [-0.25, -0.2) is 0 Å². The summed E-state index contributed by atoms with van der Waals surface area (Å²) in [6.45, 7) is 6.77. The fourth-order valence-corrected chi connectivity index (χ4v) is 4.97. The number of hydrogen-bond donors (Lipinski definition) is 2. The van der Waals surface area contributed by atoms with Gasteiger partial charge in [-0.15, -0.1) is 11.3 Å². The van der Waals surface area contributed by atoms with E-state index in [1.165, 1.54) is 16.2 Å². The van der Waals surface area contributed by atoms with Crippen LogP contribution in [0.5, 0.6) is 0 Å². The zero-order chi connectivity index (χ0) is 18.9. The van der Waals surface area contributed by atoms with E-state index in [1.807, 2.05) is 30.3 Å². The molecule has 3 N–H and O–H groups in total. The number of anilines is 1. The topological polar surface area (TPSA) is 72.2 Å². The molecule has 1 heterocycles. The van der Waals surface area contributed by atoms with Crippen molar-refractivity contribution >= 4 is 28.2 Å². The highest BCUT2D eigenvalue weighted by atomic mass is 32.1. The largest absolute Gasteiger partial charge is 0.365 e. The van der Waals surface area contributed by atoms with Gasteiger partial charge in [-0.3, -0.25) is 9.59 Å². The average molecular weight is 371 g/mol. The highest BCUT2D eigenvalue weighted by molar-refractivity contribution is 7.17. The van der Waals surface area contributed by atoms with Gasteiger partial charge < -0.3 is 11.1 Å². The van der Waals surface area contributed by atoms with Crippen LogP contribution in [0, 0.1) is 11.3 Å². The van der Waals surface area contributed by atoms with Crippen molar-refractivity contribution in [2.24, 2.45) is 17.1 Å². The SMILES string of the molecule is CC(C)(C)C1CCc2c(sc(NC(=O)Cc3ccccc3)c2C(N)=O)C1. The maximum absolute atomic E-state index is 12.4. The van der Waals surface area contributed by atoms with Gasteiger partial charge in [-0.2, -0.15) is 0 Å². The Bertz CT molecular complexity index is 819. The molecule has 4 nitrogen and oxygen atoms in total. The first-order valence-electron chi connectivity index (χ1n) is 9.04. The minimum absolute atomic E-state index is 0.121. The van der Waals surface area contributed by atoms with Crippen molar-refractivity contribution in [3.05, 3.63) is 51.9 Å². The van der Waals surface area contributed by atoms with Gasteiger partial charge >= 0.3 is 0 Å². The summed E-state index contributed by atoms with van der Waals surface area (Å²) in [6.07, 6.45) is 3.12. The molecule has 0 bridgehead atoms. The van der Waals surface area contributed by atoms with Crippen LogP contribution < -0.4 is 11.1 Å². The van der Waals surface area contributed by atoms with Gasteiger partial charge in [-0.1, -0.05) is 51.1 Å². The molecule has 0 saturated heterocycles. The molecule has 5 heteroatoms. The molecule has 1 unspecified atom stereocenters. The lowest BCUT2D eigenvalue weighted by atomic mass is 9.72. The minimum Gasteiger partial charge on any atom is -0.365 e. The number of rotatable bonds is 4. The molecule has 26 heavy (non-hydrogen) atoms. The highest BCUT2D eigenvalue weighted by Crippen LogP contribution is 2.44. The van der Waals surface area contributed by atoms with Crippen LogP contribution in [0.25, 0.3) is 0 Å². The zero-order valence-electron chi connectivity index (χ0n) is 15.6. The maximum atomic E-state index is 12.4. The van der Waals surface area contributed by atoms with E-state index in [-0.39, 0.29) is 17.7 Å². The molecular weight excluding hydrogens is 344 g/mol. The Morgan fingerprint density at radius 2 is 1.92 bits per heavy atom. The van der Waals surface area contributed by atoms with Crippen molar-refractivity contribution in [2.75, 3.05) is 5.32 Å². The van der Waals surface area contributed by atoms with E-state index in [0.717, 1.165) is 30.4 Å². The zero-order valence-corrected chi connectivity index (χ0v) is 16.4. The van der Waals surface area contributed by atoms with E-state index in [0.29, 0.717) is 16.5 Å². The molecule has 138 valence electrons. The van der Waals surface area contributed by atoms with Crippen molar-refractivity contribution < 1.29 is 9.59 Å². The first kappa shape index (κ1) is 18.6. The normalized spacial score (nSPS) is 16.8. The highest BCUT2D eigenvalue weighted by Gasteiger charge is 2.33. The number of hydrogen-bond acceptors (Lipinski definition) is 3. The third kappa shape index (κ3) is 3.98. The van der Waals surface area contributed by atoms with Gasteiger partial charge in [0.25, 0.3) is 5.91 Å². The van der Waals surface area contributed by atoms with Crippen LogP contribution in [0.4, 0.5) is 5.00 Å². The first-order chi connectivity index (χ1) is 12.3. The van der Waals surface area contributed by atoms with E-state index in [9.17, 15) is 9.59 Å². The molecule has 0 aliphatic heterocycles. The summed E-state index contributed by atoms with van der Waals surface area (Å²) >= 11 is 1.52. The third-order valence-electron chi connectivity index (χ3n) is 5.20. The number of fused-ring (bicyclic) bond motifs is 1. The lowest BCUT2D eigenvalue weighted by Gasteiger charge is -2.33. The van der Waals surface area contributed by atoms with E-state index < -0.39 is 5.91 Å². The lowest BCUT2D eigenvalue weighted by molar-refractivity contribution is -0.115. The van der Waals surface area contributed by atoms with E-state index in [4.69, 9.17) is 5.73 Å². The Labute approximate surface area is 158 Å². The second kappa shape index (κ2) is 7.23. The van der Waals surface area contributed by atoms with Crippen molar-refractivity contribution in [1.82, 2.24) is 0 Å². The Morgan fingerprint density at radius 3 is 2.54 bits per heavy atom. The smallest absolute Gasteiger partial charge is 0.251 e. The first-order valence-corrected chi connectivity index (χ1v) is 9.85. The van der Waals surface area contributed by atoms with Crippen LogP contribution in [-0.2, 0) is 24.1 Å². The lowest BCUT2D eigenvalue weighted by Crippen LogP contribution is -2.27. The molecule has 1 aromatic carbocycles. The van der Waals surface area contributed by atoms with Gasteiger partial charge in [0.15, 0.2) is 0 Å². The number of thiophene rings is 1. The van der Waals surface area contributed by atoms with Crippen molar-refractivity contribution in [2.45, 2.75) is 46.5 Å². The average Bonchev–Trinajstić information content (AvgIpc) is 2.91. The Balaban J connectivity index is 1.83. The summed E-state index contributed by atoms with van der Waals surface area (Å²) in [5.41, 5.74) is 8.37. The van der Waals surface area contributed by atoms with E-state index in [2.05, 4.69) is 26.1 Å². The molecule has 0 spiro atoms. The maximum Gasteiger partial charge on any atom is 0.251 e. The molecule has 1 atom stereocenters. The predicted octanol–water partition coefficient (Wildman–Crippen LogP) is 4.18. The molecule has 0 radical (unpaired) electrons. The van der Waals surface area contributed by atoms with Gasteiger partial charge in [0.1, 0.15) is 5.00 Å². The Hall–Kier alpha value is -2.14. The van der Waals surface area contributed by atoms with Crippen LogP contribution in [0.3, 0.4) is 0 Å². The monoisotopic (exact) mass is 370 g/mol. The summed E-state index contributed by atoms with van der Waals surface area (Å²) < 4.78 is 0. The standard InChI is InChI=1S/C21H26N2O2S/c1-21(2,3)14-9-10-15-16(12-14)26-20(18(15)19(22)25)23-17(24)11-13-7-5-4-6-8-13/h4-8,14H,9-12H2,1-3H3,(H2,22,25)(H,23,24). The summed E-state index contributed by atoms with van der Waals surface area (Å²) in [5, 5.41) is 3.54. The molecule has 1 aliphatic carbocycles. The van der Waals surface area contributed by atoms with Crippen molar-refractivity contribution in [3.63, 3.8) is 0 Å². The fourth-order valence-electron chi connectivity index (χ4n) is 3.63. The molecule has 2 aromatic rings. The van der Waals surface area contributed by atoms with Crippen LogP contribution in [-0.4, -0.2) is 11.8 Å². The molecule has 0 saturated carbocycles. The van der Waals surface area contributed by atoms with Gasteiger partial charge in [0.2, 0.25) is 5.91 Å². The molecular formula is C21H26N2O2S. The minimum atomic E-state index is -0.452. The summed E-state index contributed by atoms with van der Waals surface area (Å²) in [4.78, 5) is 25.7. The van der Waals surface area contributed by atoms with Crippen LogP contribution in [0.15, 0.2) is 30.3 Å². The Kier molecular flexibility index (Phi) is 5.19. The number of nitrogens with one attached hydrogen (secondary N) is 1. The quantitative estimate of drug-likeness (QED) is 0.847. The third-order valence-corrected chi connectivity index (χ3v) is 6.37. The number of benzene rings is 1. The summed E-state index contributed by atoms with van der Waals surface area (Å²) in [7, 11) is 0. The number of carbonyl (C=O) groups excluding carboxylic acids is 2. The van der Waals surface area contributed by atoms with Gasteiger partial charge in [-0.05, 0) is 41.7 Å². The van der Waals surface area contributed by atoms with Gasteiger partial charge in [0, 0.05) is 4.88 Å². The summed E-state index contributed by atoms with van der Waals surface area (Å²) in [5.74, 6) is -0.00126. The number of carbonyl (C=O) groups is 2. The van der Waals surface area contributed by atoms with E-state index >= 15 is 0 Å². The fraction of sp³-hybridized carbons (Fsp3) is 0.429. The molecule has 0 fully saturated rings. The van der Waals surface area contributed by atoms with Crippen LogP contribution >= 0.6 is 11.3 Å². The molecule has 1 aromatic heterocycles. The number of nitrogens with two attached hydrogens (primary N) is 1. The predicted molar refractivity (Wildman–Crippen MR) is 107 cm³/mol.